The first-order valence-corrected chi connectivity index (χ1v) is 6.73. The van der Waals surface area contributed by atoms with E-state index in [-0.39, 0.29) is 11.9 Å². The molecule has 0 fully saturated rings. The van der Waals surface area contributed by atoms with Gasteiger partial charge in [-0.1, -0.05) is 18.2 Å². The van der Waals surface area contributed by atoms with Crippen LogP contribution in [0.15, 0.2) is 53.5 Å². The van der Waals surface area contributed by atoms with Crippen LogP contribution in [-0.2, 0) is 0 Å². The molecule has 0 aliphatic heterocycles. The number of aromatic nitrogens is 2. The Hall–Kier alpha value is -3.15. The molecule has 6 heteroatoms. The van der Waals surface area contributed by atoms with E-state index in [1.54, 1.807) is 0 Å². The van der Waals surface area contributed by atoms with Gasteiger partial charge in [-0.3, -0.25) is 0 Å². The molecule has 0 saturated heterocycles. The summed E-state index contributed by atoms with van der Waals surface area (Å²) in [5.74, 6) is 1.68. The minimum Gasteiger partial charge on any atom is -0.457 e. The van der Waals surface area contributed by atoms with Crippen molar-refractivity contribution in [2.24, 2.45) is 16.5 Å². The predicted octanol–water partition coefficient (Wildman–Crippen LogP) is 2.64. The maximum atomic E-state index is 5.81. The van der Waals surface area contributed by atoms with Gasteiger partial charge in [0.2, 0.25) is 0 Å². The molecule has 1 heterocycles. The summed E-state index contributed by atoms with van der Waals surface area (Å²) in [4.78, 5) is 12.5. The van der Waals surface area contributed by atoms with Crippen molar-refractivity contribution < 1.29 is 4.74 Å². The van der Waals surface area contributed by atoms with Gasteiger partial charge < -0.3 is 16.2 Å². The highest BCUT2D eigenvalue weighted by atomic mass is 16.5. The van der Waals surface area contributed by atoms with Gasteiger partial charge in [-0.05, 0) is 37.3 Å². The molecule has 3 rings (SSSR count). The highest BCUT2D eigenvalue weighted by molar-refractivity contribution is 5.84. The molecule has 0 radical (unpaired) electrons. The third-order valence-electron chi connectivity index (χ3n) is 3.05. The summed E-state index contributed by atoms with van der Waals surface area (Å²) < 4.78 is 5.81. The first-order chi connectivity index (χ1) is 10.6. The highest BCUT2D eigenvalue weighted by Crippen LogP contribution is 2.27. The number of para-hydroxylation sites is 1. The Kier molecular flexibility index (Phi) is 3.57. The number of guanidine groups is 1. The fourth-order valence-electron chi connectivity index (χ4n) is 2.10. The van der Waals surface area contributed by atoms with Crippen molar-refractivity contribution >= 4 is 22.8 Å². The van der Waals surface area contributed by atoms with Crippen molar-refractivity contribution in [2.75, 3.05) is 0 Å². The van der Waals surface area contributed by atoms with Crippen LogP contribution in [0.1, 0.15) is 5.69 Å². The minimum atomic E-state index is -0.0669. The number of hydrogen-bond donors (Lipinski definition) is 2. The van der Waals surface area contributed by atoms with E-state index in [0.29, 0.717) is 0 Å². The quantitative estimate of drug-likeness (QED) is 0.571. The first-order valence-electron chi connectivity index (χ1n) is 6.73. The summed E-state index contributed by atoms with van der Waals surface area (Å²) in [5, 5.41) is 0.892. The Bertz CT molecular complexity index is 842. The SMILES string of the molecule is Cc1nc(N=C(N)N)nc2ccc(Oc3ccccc3)cc12. The molecule has 0 aliphatic carbocycles. The summed E-state index contributed by atoms with van der Waals surface area (Å²) in [6, 6.07) is 15.2. The zero-order valence-corrected chi connectivity index (χ0v) is 12.0. The smallest absolute Gasteiger partial charge is 0.253 e. The van der Waals surface area contributed by atoms with Crippen LogP contribution in [0.4, 0.5) is 5.95 Å². The van der Waals surface area contributed by atoms with Gasteiger partial charge in [0.25, 0.3) is 5.95 Å². The van der Waals surface area contributed by atoms with Gasteiger partial charge in [-0.15, -0.1) is 0 Å². The Morgan fingerprint density at radius 3 is 2.50 bits per heavy atom. The Balaban J connectivity index is 2.00. The fraction of sp³-hybridized carbons (Fsp3) is 0.0625. The molecule has 0 aliphatic rings. The molecule has 0 saturated carbocycles. The van der Waals surface area contributed by atoms with Crippen LogP contribution < -0.4 is 16.2 Å². The lowest BCUT2D eigenvalue weighted by molar-refractivity contribution is 0.483. The van der Waals surface area contributed by atoms with Crippen LogP contribution in [0.25, 0.3) is 10.9 Å². The molecule has 2 aromatic carbocycles. The number of aryl methyl sites for hydroxylation is 1. The Morgan fingerprint density at radius 2 is 1.77 bits per heavy atom. The number of benzene rings is 2. The number of fused-ring (bicyclic) bond motifs is 1. The number of ether oxygens (including phenoxy) is 1. The van der Waals surface area contributed by atoms with E-state index in [4.69, 9.17) is 16.2 Å². The van der Waals surface area contributed by atoms with E-state index in [9.17, 15) is 0 Å². The molecular formula is C16H15N5O. The number of aliphatic imine (C=N–C) groups is 1. The Labute approximate surface area is 127 Å². The lowest BCUT2D eigenvalue weighted by Crippen LogP contribution is -2.22. The largest absolute Gasteiger partial charge is 0.457 e. The third kappa shape index (κ3) is 2.95. The van der Waals surface area contributed by atoms with Crippen LogP contribution in [0.3, 0.4) is 0 Å². The second kappa shape index (κ2) is 5.69. The summed E-state index contributed by atoms with van der Waals surface area (Å²) in [5.41, 5.74) is 12.3. The lowest BCUT2D eigenvalue weighted by Gasteiger charge is -2.08. The van der Waals surface area contributed by atoms with Crippen LogP contribution in [0, 0.1) is 6.92 Å². The monoisotopic (exact) mass is 293 g/mol. The predicted molar refractivity (Wildman–Crippen MR) is 86.3 cm³/mol. The van der Waals surface area contributed by atoms with Crippen LogP contribution in [0.2, 0.25) is 0 Å². The molecule has 4 N–H and O–H groups in total. The molecule has 0 spiro atoms. The molecule has 3 aromatic rings. The second-order valence-corrected chi connectivity index (χ2v) is 4.74. The van der Waals surface area contributed by atoms with Crippen molar-refractivity contribution in [3.63, 3.8) is 0 Å². The first kappa shape index (κ1) is 13.8. The maximum absolute atomic E-state index is 5.81. The molecule has 110 valence electrons. The van der Waals surface area contributed by atoms with E-state index in [0.717, 1.165) is 28.1 Å². The molecule has 22 heavy (non-hydrogen) atoms. The van der Waals surface area contributed by atoms with Gasteiger partial charge in [-0.2, -0.15) is 4.99 Å². The number of nitrogens with two attached hydrogens (primary N) is 2. The lowest BCUT2D eigenvalue weighted by atomic mass is 10.2. The molecule has 0 unspecified atom stereocenters. The van der Waals surface area contributed by atoms with Crippen LogP contribution >= 0.6 is 0 Å². The standard InChI is InChI=1S/C16H15N5O/c1-10-13-9-12(22-11-5-3-2-4-6-11)7-8-14(13)20-16(19-10)21-15(17)18/h2-9H,1H3,(H4,17,18,19,20,21). The van der Waals surface area contributed by atoms with E-state index in [1.807, 2.05) is 55.5 Å². The van der Waals surface area contributed by atoms with Crippen LogP contribution in [-0.4, -0.2) is 15.9 Å². The summed E-state index contributed by atoms with van der Waals surface area (Å²) in [7, 11) is 0. The zero-order valence-electron chi connectivity index (χ0n) is 12.0. The molecule has 0 bridgehead atoms. The summed E-state index contributed by atoms with van der Waals surface area (Å²) in [6.07, 6.45) is 0. The van der Waals surface area contributed by atoms with Crippen molar-refractivity contribution in [2.45, 2.75) is 6.92 Å². The number of rotatable bonds is 3. The van der Waals surface area contributed by atoms with Gasteiger partial charge in [0.1, 0.15) is 11.5 Å². The average molecular weight is 293 g/mol. The summed E-state index contributed by atoms with van der Waals surface area (Å²) in [6.45, 7) is 1.88. The maximum Gasteiger partial charge on any atom is 0.253 e. The van der Waals surface area contributed by atoms with E-state index in [2.05, 4.69) is 15.0 Å². The molecular weight excluding hydrogens is 278 g/mol. The molecule has 6 nitrogen and oxygen atoms in total. The van der Waals surface area contributed by atoms with Crippen LogP contribution in [0.5, 0.6) is 11.5 Å². The van der Waals surface area contributed by atoms with Gasteiger partial charge in [-0.25, -0.2) is 9.97 Å². The highest BCUT2D eigenvalue weighted by Gasteiger charge is 2.06. The van der Waals surface area contributed by atoms with Gasteiger partial charge in [0.05, 0.1) is 11.2 Å². The van der Waals surface area contributed by atoms with E-state index < -0.39 is 0 Å². The topological polar surface area (TPSA) is 99.4 Å². The van der Waals surface area contributed by atoms with E-state index >= 15 is 0 Å². The van der Waals surface area contributed by atoms with Crippen molar-refractivity contribution in [1.29, 1.82) is 0 Å². The van der Waals surface area contributed by atoms with Gasteiger partial charge in [0, 0.05) is 5.39 Å². The number of hydrogen-bond acceptors (Lipinski definition) is 4. The number of nitrogens with zero attached hydrogens (tertiary/aromatic N) is 3. The van der Waals surface area contributed by atoms with Gasteiger partial charge in [0.15, 0.2) is 5.96 Å². The van der Waals surface area contributed by atoms with Gasteiger partial charge >= 0.3 is 0 Å². The average Bonchev–Trinajstić information content (AvgIpc) is 2.48. The second-order valence-electron chi connectivity index (χ2n) is 4.74. The normalized spacial score (nSPS) is 10.4. The molecule has 1 aromatic heterocycles. The van der Waals surface area contributed by atoms with Crippen molar-refractivity contribution in [3.05, 3.63) is 54.2 Å². The Morgan fingerprint density at radius 1 is 1.00 bits per heavy atom. The molecule has 0 atom stereocenters. The molecule has 0 amide bonds. The van der Waals surface area contributed by atoms with E-state index in [1.165, 1.54) is 0 Å². The fourth-order valence-corrected chi connectivity index (χ4v) is 2.10. The van der Waals surface area contributed by atoms with Crippen molar-refractivity contribution in [1.82, 2.24) is 9.97 Å². The third-order valence-corrected chi connectivity index (χ3v) is 3.05. The van der Waals surface area contributed by atoms with Crippen molar-refractivity contribution in [3.8, 4) is 11.5 Å². The zero-order chi connectivity index (χ0) is 15.5. The summed E-state index contributed by atoms with van der Waals surface area (Å²) >= 11 is 0. The minimum absolute atomic E-state index is 0.0669.